The molecule has 0 radical (unpaired) electrons. The van der Waals surface area contributed by atoms with E-state index in [2.05, 4.69) is 0 Å². The third-order valence-electron chi connectivity index (χ3n) is 12.3. The SMILES string of the molecule is OCC1(CO)CCCCCCCCCCCCCCCCCCCCCCCCCCCCCCCCC(CO)(CO)C1(CO)CO. The second-order valence-electron chi connectivity index (χ2n) is 15.7. The van der Waals surface area contributed by atoms with E-state index < -0.39 is 55.9 Å². The van der Waals surface area contributed by atoms with Crippen LogP contribution in [0.15, 0.2) is 0 Å². The van der Waals surface area contributed by atoms with Gasteiger partial charge in [0, 0.05) is 16.2 Å². The Labute approximate surface area is 291 Å². The Morgan fingerprint density at radius 2 is 0.362 bits per heavy atom. The Balaban J connectivity index is 2.71. The van der Waals surface area contributed by atoms with Gasteiger partial charge in [-0.25, -0.2) is 0 Å². The molecule has 47 heavy (non-hydrogen) atoms. The van der Waals surface area contributed by atoms with Gasteiger partial charge < -0.3 is 30.6 Å². The minimum atomic E-state index is -1.40. The van der Waals surface area contributed by atoms with Crippen molar-refractivity contribution in [3.8, 4) is 0 Å². The number of hydrogen-bond acceptors (Lipinski definition) is 6. The summed E-state index contributed by atoms with van der Waals surface area (Å²) >= 11 is 0. The number of aliphatic hydroxyl groups is 6. The maximum absolute atomic E-state index is 10.8. The molecule has 0 unspecified atom stereocenters. The van der Waals surface area contributed by atoms with Crippen molar-refractivity contribution >= 4 is 0 Å². The molecule has 0 aromatic heterocycles. The molecule has 0 heterocycles. The number of hydrogen-bond donors (Lipinski definition) is 6. The summed E-state index contributed by atoms with van der Waals surface area (Å²) in [5.41, 5.74) is -3.79. The second kappa shape index (κ2) is 29.5. The van der Waals surface area contributed by atoms with E-state index in [9.17, 15) is 30.6 Å². The van der Waals surface area contributed by atoms with Crippen LogP contribution >= 0.6 is 0 Å². The molecular formula is C41H82O6. The van der Waals surface area contributed by atoms with E-state index in [1.807, 2.05) is 0 Å². The molecule has 1 saturated carbocycles. The highest BCUT2D eigenvalue weighted by atomic mass is 16.3. The molecule has 0 spiro atoms. The van der Waals surface area contributed by atoms with Crippen molar-refractivity contribution in [2.24, 2.45) is 16.2 Å². The molecule has 1 rings (SSSR count). The lowest BCUT2D eigenvalue weighted by molar-refractivity contribution is -0.214. The highest BCUT2D eigenvalue weighted by Crippen LogP contribution is 2.56. The zero-order valence-corrected chi connectivity index (χ0v) is 31.1. The lowest BCUT2D eigenvalue weighted by Gasteiger charge is -2.57. The normalized spacial score (nSPS) is 24.4. The highest BCUT2D eigenvalue weighted by Gasteiger charge is 2.61. The molecule has 0 saturated heterocycles. The number of rotatable bonds is 6. The molecule has 6 heteroatoms. The van der Waals surface area contributed by atoms with Gasteiger partial charge in [0.1, 0.15) is 0 Å². The molecule has 1 aliphatic rings. The van der Waals surface area contributed by atoms with Crippen LogP contribution in [0.25, 0.3) is 0 Å². The quantitative estimate of drug-likeness (QED) is 0.167. The number of aliphatic hydroxyl groups excluding tert-OH is 6. The lowest BCUT2D eigenvalue weighted by Crippen LogP contribution is -2.64. The average Bonchev–Trinajstić information content (AvgIpc) is 3.10. The molecule has 0 atom stereocenters. The van der Waals surface area contributed by atoms with Crippen LogP contribution in [0, 0.1) is 16.2 Å². The Bertz CT molecular complexity index is 606. The molecule has 0 aromatic rings. The van der Waals surface area contributed by atoms with Crippen molar-refractivity contribution in [2.75, 3.05) is 39.6 Å². The fraction of sp³-hybridized carbons (Fsp3) is 1.00. The van der Waals surface area contributed by atoms with E-state index in [4.69, 9.17) is 0 Å². The van der Waals surface area contributed by atoms with Crippen LogP contribution < -0.4 is 0 Å². The highest BCUT2D eigenvalue weighted by molar-refractivity contribution is 5.08. The first-order valence-corrected chi connectivity index (χ1v) is 20.7. The summed E-state index contributed by atoms with van der Waals surface area (Å²) in [4.78, 5) is 0. The molecule has 0 aliphatic heterocycles. The third kappa shape index (κ3) is 16.6. The van der Waals surface area contributed by atoms with Gasteiger partial charge in [-0.3, -0.25) is 0 Å². The van der Waals surface area contributed by atoms with Crippen LogP contribution in [-0.4, -0.2) is 70.3 Å². The van der Waals surface area contributed by atoms with Crippen LogP contribution in [0.2, 0.25) is 0 Å². The van der Waals surface area contributed by atoms with E-state index in [-0.39, 0.29) is 0 Å². The average molecular weight is 671 g/mol. The van der Waals surface area contributed by atoms with Crippen LogP contribution in [0.3, 0.4) is 0 Å². The summed E-state index contributed by atoms with van der Waals surface area (Å²) in [7, 11) is 0. The van der Waals surface area contributed by atoms with Crippen molar-refractivity contribution in [2.45, 2.75) is 205 Å². The van der Waals surface area contributed by atoms with Crippen LogP contribution in [-0.2, 0) is 0 Å². The van der Waals surface area contributed by atoms with Gasteiger partial charge in [-0.15, -0.1) is 0 Å². The van der Waals surface area contributed by atoms with Gasteiger partial charge in [-0.1, -0.05) is 193 Å². The fourth-order valence-electron chi connectivity index (χ4n) is 8.66. The summed E-state index contributed by atoms with van der Waals surface area (Å²) in [6.07, 6.45) is 38.9. The zero-order valence-electron chi connectivity index (χ0n) is 31.1. The minimum absolute atomic E-state index is 0.410. The first-order valence-electron chi connectivity index (χ1n) is 20.7. The van der Waals surface area contributed by atoms with Crippen LogP contribution in [0.5, 0.6) is 0 Å². The fourth-order valence-corrected chi connectivity index (χ4v) is 8.66. The van der Waals surface area contributed by atoms with Gasteiger partial charge >= 0.3 is 0 Å². The van der Waals surface area contributed by atoms with Gasteiger partial charge in [0.25, 0.3) is 0 Å². The monoisotopic (exact) mass is 671 g/mol. The van der Waals surface area contributed by atoms with Crippen molar-refractivity contribution in [1.29, 1.82) is 0 Å². The molecule has 1 fully saturated rings. The van der Waals surface area contributed by atoms with E-state index in [0.29, 0.717) is 12.8 Å². The Kier molecular flexibility index (Phi) is 28.1. The minimum Gasteiger partial charge on any atom is -0.396 e. The van der Waals surface area contributed by atoms with Crippen LogP contribution in [0.1, 0.15) is 205 Å². The molecule has 0 bridgehead atoms. The summed E-state index contributed by atoms with van der Waals surface area (Å²) < 4.78 is 0. The standard InChI is InChI=1S/C41H82O6/c42-33-39(34-43)31-29-27-25-23-21-19-17-15-13-11-9-7-5-3-1-2-4-6-8-10-12-14-16-18-20-22-24-26-28-30-32-40(35-44,36-45)41(39,37-46)38-47/h42-47H,1-38H2. The second-order valence-corrected chi connectivity index (χ2v) is 15.7. The first kappa shape index (κ1) is 44.8. The third-order valence-corrected chi connectivity index (χ3v) is 12.3. The van der Waals surface area contributed by atoms with E-state index >= 15 is 0 Å². The van der Waals surface area contributed by atoms with Crippen molar-refractivity contribution in [1.82, 2.24) is 0 Å². The van der Waals surface area contributed by atoms with Crippen LogP contribution in [0.4, 0.5) is 0 Å². The summed E-state index contributed by atoms with van der Waals surface area (Å²) in [5.74, 6) is 0. The van der Waals surface area contributed by atoms with Crippen molar-refractivity contribution in [3.05, 3.63) is 0 Å². The molecule has 6 nitrogen and oxygen atoms in total. The predicted molar refractivity (Wildman–Crippen MR) is 198 cm³/mol. The molecule has 1 aliphatic carbocycles. The van der Waals surface area contributed by atoms with E-state index in [0.717, 1.165) is 38.5 Å². The van der Waals surface area contributed by atoms with E-state index in [1.54, 1.807) is 0 Å². The summed E-state index contributed by atoms with van der Waals surface area (Å²) in [6.45, 7) is -2.66. The maximum Gasteiger partial charge on any atom is 0.0523 e. The molecule has 0 aromatic carbocycles. The Morgan fingerprint density at radius 1 is 0.213 bits per heavy atom. The van der Waals surface area contributed by atoms with Crippen molar-refractivity contribution < 1.29 is 30.6 Å². The van der Waals surface area contributed by atoms with Crippen molar-refractivity contribution in [3.63, 3.8) is 0 Å². The summed E-state index contributed by atoms with van der Waals surface area (Å²) in [6, 6.07) is 0. The topological polar surface area (TPSA) is 121 Å². The van der Waals surface area contributed by atoms with E-state index in [1.165, 1.54) is 154 Å². The first-order chi connectivity index (χ1) is 23.1. The molecule has 282 valence electrons. The Morgan fingerprint density at radius 3 is 0.489 bits per heavy atom. The predicted octanol–water partition coefficient (Wildman–Crippen LogP) is 9.40. The Hall–Kier alpha value is -0.240. The molecular weight excluding hydrogens is 588 g/mol. The van der Waals surface area contributed by atoms with Gasteiger partial charge in [-0.05, 0) is 12.8 Å². The summed E-state index contributed by atoms with van der Waals surface area (Å²) in [5, 5.41) is 64.3. The maximum atomic E-state index is 10.8. The largest absolute Gasteiger partial charge is 0.396 e. The van der Waals surface area contributed by atoms with Gasteiger partial charge in [0.15, 0.2) is 0 Å². The smallest absolute Gasteiger partial charge is 0.0523 e. The molecule has 6 N–H and O–H groups in total. The molecule has 0 amide bonds. The zero-order chi connectivity index (χ0) is 34.4. The lowest BCUT2D eigenvalue weighted by atomic mass is 9.49. The van der Waals surface area contributed by atoms with Gasteiger partial charge in [-0.2, -0.15) is 0 Å². The van der Waals surface area contributed by atoms with Gasteiger partial charge in [0.05, 0.1) is 39.6 Å². The van der Waals surface area contributed by atoms with Gasteiger partial charge in [0.2, 0.25) is 0 Å².